The number of unbranched alkanes of at least 4 members (excludes halogenated alkanes) is 1. The van der Waals surface area contributed by atoms with Crippen molar-refractivity contribution in [1.82, 2.24) is 0 Å². The van der Waals surface area contributed by atoms with Gasteiger partial charge in [-0.2, -0.15) is 0 Å². The van der Waals surface area contributed by atoms with Gasteiger partial charge in [0.2, 0.25) is 8.32 Å². The van der Waals surface area contributed by atoms with Crippen molar-refractivity contribution in [1.29, 1.82) is 0 Å². The van der Waals surface area contributed by atoms with Gasteiger partial charge in [0.15, 0.2) is 0 Å². The van der Waals surface area contributed by atoms with Gasteiger partial charge in [-0.1, -0.05) is 19.0 Å². The fraction of sp³-hybridized carbons (Fsp3) is 0.778. The molecule has 0 amide bonds. The lowest BCUT2D eigenvalue weighted by atomic mass is 10.4. The largest absolute Gasteiger partial charge is 0.417 e. The van der Waals surface area contributed by atoms with Gasteiger partial charge in [0, 0.05) is 7.11 Å². The number of hydrogen-bond donors (Lipinski definition) is 0. The van der Waals surface area contributed by atoms with Crippen molar-refractivity contribution in [3.05, 3.63) is 11.1 Å². The van der Waals surface area contributed by atoms with Gasteiger partial charge in [-0.05, 0) is 30.7 Å². The van der Waals surface area contributed by atoms with E-state index in [0.717, 1.165) is 0 Å². The number of thioether (sulfide) groups is 1. The average molecular weight is 204 g/mol. The Hall–Kier alpha value is 0.267. The normalized spacial score (nSPS) is 12.7. The fourth-order valence-corrected chi connectivity index (χ4v) is 3.00. The van der Waals surface area contributed by atoms with Crippen LogP contribution in [-0.4, -0.2) is 21.2 Å². The maximum absolute atomic E-state index is 5.38. The van der Waals surface area contributed by atoms with Crippen LogP contribution in [0.5, 0.6) is 0 Å². The predicted octanol–water partition coefficient (Wildman–Crippen LogP) is 3.42. The van der Waals surface area contributed by atoms with Gasteiger partial charge in [0.25, 0.3) is 0 Å². The van der Waals surface area contributed by atoms with Gasteiger partial charge >= 0.3 is 0 Å². The Bertz CT molecular complexity index is 134. The van der Waals surface area contributed by atoms with Crippen LogP contribution in [0.3, 0.4) is 0 Å². The van der Waals surface area contributed by atoms with Gasteiger partial charge in [-0.15, -0.1) is 11.8 Å². The third-order valence-corrected chi connectivity index (χ3v) is 4.82. The first kappa shape index (κ1) is 12.3. The van der Waals surface area contributed by atoms with E-state index in [0.29, 0.717) is 0 Å². The molecule has 0 heterocycles. The molecule has 0 rings (SSSR count). The van der Waals surface area contributed by atoms with Crippen molar-refractivity contribution in [3.63, 3.8) is 0 Å². The maximum Gasteiger partial charge on any atom is 0.211 e. The Labute approximate surface area is 81.7 Å². The molecule has 0 aliphatic rings. The van der Waals surface area contributed by atoms with E-state index in [4.69, 9.17) is 4.43 Å². The van der Waals surface area contributed by atoms with E-state index < -0.39 is 8.32 Å². The van der Waals surface area contributed by atoms with Crippen LogP contribution in [0.15, 0.2) is 11.1 Å². The summed E-state index contributed by atoms with van der Waals surface area (Å²) in [5, 5.41) is 2.20. The fourth-order valence-electron chi connectivity index (χ4n) is 0.576. The predicted molar refractivity (Wildman–Crippen MR) is 61.0 cm³/mol. The second kappa shape index (κ2) is 6.75. The lowest BCUT2D eigenvalue weighted by Gasteiger charge is -2.13. The standard InChI is InChI=1S/C9H20OSSi/c1-5-6-7-11-8-9-12(3,4)10-2/h8-9H,5-7H2,1-4H3/b9-8+. The zero-order valence-electron chi connectivity index (χ0n) is 8.59. The summed E-state index contributed by atoms with van der Waals surface area (Å²) in [6.45, 7) is 6.62. The summed E-state index contributed by atoms with van der Waals surface area (Å²) < 4.78 is 5.38. The molecule has 0 radical (unpaired) electrons. The van der Waals surface area contributed by atoms with Crippen LogP contribution in [0.1, 0.15) is 19.8 Å². The first-order valence-corrected chi connectivity index (χ1v) is 8.50. The molecular weight excluding hydrogens is 184 g/mol. The Morgan fingerprint density at radius 1 is 1.42 bits per heavy atom. The van der Waals surface area contributed by atoms with Crippen LogP contribution in [0.4, 0.5) is 0 Å². The first-order valence-electron chi connectivity index (χ1n) is 4.47. The molecular formula is C9H20OSSi. The van der Waals surface area contributed by atoms with Crippen LogP contribution in [-0.2, 0) is 4.43 Å². The van der Waals surface area contributed by atoms with Crippen LogP contribution < -0.4 is 0 Å². The molecule has 0 unspecified atom stereocenters. The molecule has 0 saturated heterocycles. The zero-order chi connectivity index (χ0) is 9.45. The SMILES string of the molecule is CCCCS/C=C/[Si](C)(C)OC. The Balaban J connectivity index is 3.47. The number of rotatable bonds is 6. The van der Waals surface area contributed by atoms with E-state index in [2.05, 4.69) is 31.1 Å². The third-order valence-electron chi connectivity index (χ3n) is 1.71. The lowest BCUT2D eigenvalue weighted by Crippen LogP contribution is -2.25. The minimum atomic E-state index is -1.44. The third kappa shape index (κ3) is 6.95. The van der Waals surface area contributed by atoms with E-state index in [9.17, 15) is 0 Å². The number of hydrogen-bond acceptors (Lipinski definition) is 2. The summed E-state index contributed by atoms with van der Waals surface area (Å²) in [6.07, 6.45) is 2.59. The molecule has 72 valence electrons. The van der Waals surface area contributed by atoms with Gasteiger partial charge in [0.1, 0.15) is 0 Å². The summed E-state index contributed by atoms with van der Waals surface area (Å²) in [7, 11) is 0.360. The van der Waals surface area contributed by atoms with Crippen molar-refractivity contribution < 1.29 is 4.43 Å². The minimum absolute atomic E-state index is 1.24. The van der Waals surface area contributed by atoms with E-state index in [1.165, 1.54) is 18.6 Å². The van der Waals surface area contributed by atoms with Gasteiger partial charge in [0.05, 0.1) is 0 Å². The molecule has 0 atom stereocenters. The average Bonchev–Trinajstić information content (AvgIpc) is 2.04. The maximum atomic E-state index is 5.38. The summed E-state index contributed by atoms with van der Waals surface area (Å²) in [6, 6.07) is 0. The molecule has 0 spiro atoms. The molecule has 0 N–H and O–H groups in total. The van der Waals surface area contributed by atoms with E-state index >= 15 is 0 Å². The topological polar surface area (TPSA) is 9.23 Å². The summed E-state index contributed by atoms with van der Waals surface area (Å²) in [5.41, 5.74) is 2.24. The lowest BCUT2D eigenvalue weighted by molar-refractivity contribution is 0.415. The zero-order valence-corrected chi connectivity index (χ0v) is 10.4. The highest BCUT2D eigenvalue weighted by atomic mass is 32.2. The Kier molecular flexibility index (Phi) is 6.90. The molecule has 1 nitrogen and oxygen atoms in total. The molecule has 0 saturated carbocycles. The quantitative estimate of drug-likeness (QED) is 0.484. The van der Waals surface area contributed by atoms with E-state index in [1.54, 1.807) is 7.11 Å². The van der Waals surface area contributed by atoms with Crippen LogP contribution in [0, 0.1) is 0 Å². The van der Waals surface area contributed by atoms with Gasteiger partial charge in [-0.25, -0.2) is 0 Å². The van der Waals surface area contributed by atoms with Gasteiger partial charge in [-0.3, -0.25) is 0 Å². The Morgan fingerprint density at radius 3 is 2.58 bits per heavy atom. The molecule has 3 heteroatoms. The van der Waals surface area contributed by atoms with E-state index in [1.807, 2.05) is 11.8 Å². The van der Waals surface area contributed by atoms with Crippen LogP contribution in [0.25, 0.3) is 0 Å². The van der Waals surface area contributed by atoms with E-state index in [-0.39, 0.29) is 0 Å². The van der Waals surface area contributed by atoms with Crippen molar-refractivity contribution in [2.45, 2.75) is 32.9 Å². The second-order valence-electron chi connectivity index (χ2n) is 3.33. The van der Waals surface area contributed by atoms with Crippen molar-refractivity contribution in [3.8, 4) is 0 Å². The van der Waals surface area contributed by atoms with Crippen molar-refractivity contribution in [2.24, 2.45) is 0 Å². The highest BCUT2D eigenvalue weighted by Gasteiger charge is 2.14. The van der Waals surface area contributed by atoms with Crippen LogP contribution >= 0.6 is 11.8 Å². The summed E-state index contributed by atoms with van der Waals surface area (Å²) >= 11 is 1.89. The molecule has 0 aliphatic heterocycles. The molecule has 0 aromatic carbocycles. The highest BCUT2D eigenvalue weighted by molar-refractivity contribution is 8.02. The highest BCUT2D eigenvalue weighted by Crippen LogP contribution is 2.10. The summed E-state index contributed by atoms with van der Waals surface area (Å²) in [4.78, 5) is 0. The van der Waals surface area contributed by atoms with Crippen molar-refractivity contribution in [2.75, 3.05) is 12.9 Å². The molecule has 12 heavy (non-hydrogen) atoms. The van der Waals surface area contributed by atoms with Crippen molar-refractivity contribution >= 4 is 20.1 Å². The molecule has 0 aliphatic carbocycles. The second-order valence-corrected chi connectivity index (χ2v) is 8.30. The molecule has 0 aromatic heterocycles. The van der Waals surface area contributed by atoms with Crippen LogP contribution in [0.2, 0.25) is 13.1 Å². The minimum Gasteiger partial charge on any atom is -0.417 e. The molecule has 0 fully saturated rings. The monoisotopic (exact) mass is 204 g/mol. The first-order chi connectivity index (χ1) is 5.62. The summed E-state index contributed by atoms with van der Waals surface area (Å²) in [5.74, 6) is 1.24. The van der Waals surface area contributed by atoms with Gasteiger partial charge < -0.3 is 4.43 Å². The molecule has 0 bridgehead atoms. The Morgan fingerprint density at radius 2 is 2.08 bits per heavy atom. The smallest absolute Gasteiger partial charge is 0.211 e. The molecule has 0 aromatic rings.